The summed E-state index contributed by atoms with van der Waals surface area (Å²) in [7, 11) is 0. The number of nitrogens with zero attached hydrogens (tertiary/aromatic N) is 1. The molecule has 2 aliphatic rings. The number of carboxylic acids is 1. The van der Waals surface area contributed by atoms with E-state index in [1.807, 2.05) is 13.8 Å². The molecule has 0 aromatic carbocycles. The van der Waals surface area contributed by atoms with Gasteiger partial charge in [0.25, 0.3) is 0 Å². The molecule has 122 valence electrons. The highest BCUT2D eigenvalue weighted by molar-refractivity contribution is 5.79. The quantitative estimate of drug-likeness (QED) is 0.758. The van der Waals surface area contributed by atoms with Crippen molar-refractivity contribution in [2.75, 3.05) is 6.54 Å². The first-order chi connectivity index (χ1) is 9.84. The van der Waals surface area contributed by atoms with Gasteiger partial charge in [0.05, 0.1) is 0 Å². The zero-order chi connectivity index (χ0) is 15.6. The number of carbonyl (C=O) groups is 1. The number of nitrogens with one attached hydrogen (secondary N) is 1. The van der Waals surface area contributed by atoms with E-state index >= 15 is 0 Å². The van der Waals surface area contributed by atoms with Crippen molar-refractivity contribution in [3.05, 3.63) is 0 Å². The van der Waals surface area contributed by atoms with Crippen molar-refractivity contribution in [1.82, 2.24) is 10.2 Å². The molecule has 0 spiro atoms. The summed E-state index contributed by atoms with van der Waals surface area (Å²) < 4.78 is 0. The van der Waals surface area contributed by atoms with Crippen LogP contribution in [0.2, 0.25) is 0 Å². The highest BCUT2D eigenvalue weighted by atomic mass is 16.4. The van der Waals surface area contributed by atoms with Crippen LogP contribution in [-0.2, 0) is 4.79 Å². The van der Waals surface area contributed by atoms with E-state index < -0.39 is 11.5 Å². The maximum absolute atomic E-state index is 11.9. The summed E-state index contributed by atoms with van der Waals surface area (Å²) in [4.78, 5) is 14.5. The van der Waals surface area contributed by atoms with E-state index in [0.717, 1.165) is 38.1 Å². The Balaban J connectivity index is 2.10. The summed E-state index contributed by atoms with van der Waals surface area (Å²) in [6.45, 7) is 9.72. The van der Waals surface area contributed by atoms with Gasteiger partial charge in [-0.05, 0) is 72.1 Å². The zero-order valence-electron chi connectivity index (χ0n) is 14.1. The Morgan fingerprint density at radius 3 is 2.43 bits per heavy atom. The van der Waals surface area contributed by atoms with Gasteiger partial charge in [-0.2, -0.15) is 0 Å². The van der Waals surface area contributed by atoms with Gasteiger partial charge >= 0.3 is 5.97 Å². The van der Waals surface area contributed by atoms with Crippen molar-refractivity contribution in [2.24, 2.45) is 5.92 Å². The van der Waals surface area contributed by atoms with Gasteiger partial charge in [-0.25, -0.2) is 0 Å². The standard InChI is InChI=1S/C17H32N2O2/c1-12(2)18-17(16(20)21)9-5-6-15(10-17)19(13(3)4)11-14-7-8-14/h12-15,18H,5-11H2,1-4H3,(H,20,21). The molecule has 0 radical (unpaired) electrons. The van der Waals surface area contributed by atoms with Crippen LogP contribution >= 0.6 is 0 Å². The van der Waals surface area contributed by atoms with E-state index in [-0.39, 0.29) is 6.04 Å². The highest BCUT2D eigenvalue weighted by Crippen LogP contribution is 2.36. The molecule has 0 heterocycles. The van der Waals surface area contributed by atoms with Gasteiger partial charge in [0.1, 0.15) is 5.54 Å². The molecule has 2 unspecified atom stereocenters. The van der Waals surface area contributed by atoms with Gasteiger partial charge < -0.3 is 5.11 Å². The van der Waals surface area contributed by atoms with Crippen molar-refractivity contribution in [1.29, 1.82) is 0 Å². The Morgan fingerprint density at radius 2 is 1.95 bits per heavy atom. The summed E-state index contributed by atoms with van der Waals surface area (Å²) in [5.74, 6) is 0.183. The first kappa shape index (κ1) is 16.8. The predicted octanol–water partition coefficient (Wildman–Crippen LogP) is 2.87. The smallest absolute Gasteiger partial charge is 0.323 e. The number of hydrogen-bond acceptors (Lipinski definition) is 3. The van der Waals surface area contributed by atoms with Gasteiger partial charge in [0.2, 0.25) is 0 Å². The Bertz CT molecular complexity index is 366. The largest absolute Gasteiger partial charge is 0.480 e. The average Bonchev–Trinajstić information content (AvgIpc) is 3.18. The van der Waals surface area contributed by atoms with Gasteiger partial charge in [0.15, 0.2) is 0 Å². The lowest BCUT2D eigenvalue weighted by molar-refractivity contribution is -0.148. The normalized spacial score (nSPS) is 30.3. The Hall–Kier alpha value is -0.610. The predicted molar refractivity (Wildman–Crippen MR) is 85.5 cm³/mol. The van der Waals surface area contributed by atoms with Gasteiger partial charge in [-0.3, -0.25) is 15.0 Å². The Kier molecular flexibility index (Phi) is 5.31. The second-order valence-corrected chi connectivity index (χ2v) is 7.67. The van der Waals surface area contributed by atoms with Crippen molar-refractivity contribution in [2.45, 2.75) is 89.9 Å². The number of carboxylic acid groups (broad SMARTS) is 1. The highest BCUT2D eigenvalue weighted by Gasteiger charge is 2.45. The summed E-state index contributed by atoms with van der Waals surface area (Å²) in [5.41, 5.74) is -0.728. The first-order valence-electron chi connectivity index (χ1n) is 8.61. The fourth-order valence-corrected chi connectivity index (χ4v) is 3.85. The van der Waals surface area contributed by atoms with E-state index in [2.05, 4.69) is 24.1 Å². The first-order valence-corrected chi connectivity index (χ1v) is 8.61. The molecule has 2 rings (SSSR count). The number of hydrogen-bond donors (Lipinski definition) is 2. The molecule has 4 heteroatoms. The van der Waals surface area contributed by atoms with E-state index in [0.29, 0.717) is 12.1 Å². The van der Waals surface area contributed by atoms with Crippen LogP contribution in [-0.4, -0.2) is 46.2 Å². The van der Waals surface area contributed by atoms with Crippen LogP contribution < -0.4 is 5.32 Å². The number of aliphatic carboxylic acids is 1. The molecule has 21 heavy (non-hydrogen) atoms. The van der Waals surface area contributed by atoms with Crippen LogP contribution in [0.15, 0.2) is 0 Å². The molecular formula is C17H32N2O2. The van der Waals surface area contributed by atoms with Crippen LogP contribution in [0.3, 0.4) is 0 Å². The molecule has 0 aromatic heterocycles. The maximum Gasteiger partial charge on any atom is 0.323 e. The minimum atomic E-state index is -0.728. The molecule has 0 saturated heterocycles. The molecular weight excluding hydrogens is 264 g/mol. The zero-order valence-corrected chi connectivity index (χ0v) is 14.1. The van der Waals surface area contributed by atoms with Crippen molar-refractivity contribution < 1.29 is 9.90 Å². The fraction of sp³-hybridized carbons (Fsp3) is 0.941. The van der Waals surface area contributed by atoms with Crippen LogP contribution in [0.25, 0.3) is 0 Å². The lowest BCUT2D eigenvalue weighted by atomic mass is 9.77. The van der Waals surface area contributed by atoms with E-state index in [1.54, 1.807) is 0 Å². The summed E-state index contributed by atoms with van der Waals surface area (Å²) >= 11 is 0. The molecule has 2 N–H and O–H groups in total. The minimum absolute atomic E-state index is 0.204. The molecule has 2 aliphatic carbocycles. The van der Waals surface area contributed by atoms with Crippen molar-refractivity contribution in [3.8, 4) is 0 Å². The maximum atomic E-state index is 11.9. The molecule has 0 aliphatic heterocycles. The van der Waals surface area contributed by atoms with Gasteiger partial charge in [0, 0.05) is 24.7 Å². The summed E-state index contributed by atoms with van der Waals surface area (Å²) in [5, 5.41) is 13.2. The fourth-order valence-electron chi connectivity index (χ4n) is 3.85. The second kappa shape index (κ2) is 6.66. The summed E-state index contributed by atoms with van der Waals surface area (Å²) in [6.07, 6.45) is 6.34. The average molecular weight is 296 g/mol. The third-order valence-corrected chi connectivity index (χ3v) is 5.00. The molecule has 0 aromatic rings. The Labute approximate surface area is 129 Å². The SMILES string of the molecule is CC(C)NC1(C(=O)O)CCCC(N(CC2CC2)C(C)C)C1. The number of rotatable bonds is 7. The lowest BCUT2D eigenvalue weighted by Crippen LogP contribution is -2.60. The molecule has 0 amide bonds. The second-order valence-electron chi connectivity index (χ2n) is 7.67. The van der Waals surface area contributed by atoms with Crippen LogP contribution in [0, 0.1) is 5.92 Å². The molecule has 2 saturated carbocycles. The topological polar surface area (TPSA) is 52.6 Å². The van der Waals surface area contributed by atoms with Crippen LogP contribution in [0.4, 0.5) is 0 Å². The van der Waals surface area contributed by atoms with E-state index in [9.17, 15) is 9.90 Å². The Morgan fingerprint density at radius 1 is 1.29 bits per heavy atom. The van der Waals surface area contributed by atoms with E-state index in [4.69, 9.17) is 0 Å². The summed E-state index contributed by atoms with van der Waals surface area (Å²) in [6, 6.07) is 1.11. The van der Waals surface area contributed by atoms with Gasteiger partial charge in [-0.1, -0.05) is 0 Å². The van der Waals surface area contributed by atoms with Crippen molar-refractivity contribution >= 4 is 5.97 Å². The van der Waals surface area contributed by atoms with Crippen LogP contribution in [0.1, 0.15) is 66.2 Å². The molecule has 0 bridgehead atoms. The third kappa shape index (κ3) is 4.19. The minimum Gasteiger partial charge on any atom is -0.480 e. The van der Waals surface area contributed by atoms with E-state index in [1.165, 1.54) is 12.8 Å². The third-order valence-electron chi connectivity index (χ3n) is 5.00. The lowest BCUT2D eigenvalue weighted by Gasteiger charge is -2.45. The molecule has 2 atom stereocenters. The molecule has 2 fully saturated rings. The van der Waals surface area contributed by atoms with Crippen LogP contribution in [0.5, 0.6) is 0 Å². The van der Waals surface area contributed by atoms with Crippen molar-refractivity contribution in [3.63, 3.8) is 0 Å². The molecule has 4 nitrogen and oxygen atoms in total. The monoisotopic (exact) mass is 296 g/mol. The van der Waals surface area contributed by atoms with Gasteiger partial charge in [-0.15, -0.1) is 0 Å².